The lowest BCUT2D eigenvalue weighted by atomic mass is 10.2. The van der Waals surface area contributed by atoms with Crippen molar-refractivity contribution in [3.63, 3.8) is 0 Å². The Balaban J connectivity index is 1.21. The van der Waals surface area contributed by atoms with E-state index in [1.165, 1.54) is 0 Å². The van der Waals surface area contributed by atoms with E-state index in [-0.39, 0.29) is 11.9 Å². The zero-order chi connectivity index (χ0) is 18.4. The fourth-order valence-corrected chi connectivity index (χ4v) is 3.67. The van der Waals surface area contributed by atoms with Gasteiger partial charge in [-0.3, -0.25) is 9.78 Å². The summed E-state index contributed by atoms with van der Waals surface area (Å²) >= 11 is 0. The second kappa shape index (κ2) is 6.23. The minimum atomic E-state index is -0.185. The second-order valence-corrected chi connectivity index (χ2v) is 7.27. The van der Waals surface area contributed by atoms with Gasteiger partial charge in [0.15, 0.2) is 5.58 Å². The maximum Gasteiger partial charge on any atom is 0.220 e. The first-order chi connectivity index (χ1) is 13.2. The van der Waals surface area contributed by atoms with Crippen LogP contribution in [0.15, 0.2) is 53.1 Å². The Hall–Kier alpha value is -3.15. The fraction of sp³-hybridized carbons (Fsp3) is 0.286. The van der Waals surface area contributed by atoms with E-state index in [1.807, 2.05) is 49.4 Å². The van der Waals surface area contributed by atoms with E-state index in [2.05, 4.69) is 20.3 Å². The first-order valence-electron chi connectivity index (χ1n) is 9.26. The van der Waals surface area contributed by atoms with Crippen LogP contribution in [0.1, 0.15) is 43.3 Å². The topological polar surface area (TPSA) is 83.8 Å². The molecule has 3 aromatic heterocycles. The number of H-pyrrole nitrogens is 1. The Kier molecular flexibility index (Phi) is 3.70. The number of amides is 1. The Bertz CT molecular complexity index is 1060. The van der Waals surface area contributed by atoms with Gasteiger partial charge < -0.3 is 14.7 Å². The van der Waals surface area contributed by atoms with E-state index < -0.39 is 0 Å². The van der Waals surface area contributed by atoms with Crippen LogP contribution >= 0.6 is 0 Å². The highest BCUT2D eigenvalue weighted by Gasteiger charge is 2.41. The Morgan fingerprint density at radius 2 is 2.19 bits per heavy atom. The van der Waals surface area contributed by atoms with Crippen LogP contribution in [0.2, 0.25) is 0 Å². The largest absolute Gasteiger partial charge is 0.457 e. The number of carbonyl (C=O) groups is 1. The lowest BCUT2D eigenvalue weighted by Crippen LogP contribution is -2.26. The molecule has 5 rings (SSSR count). The van der Waals surface area contributed by atoms with Crippen LogP contribution in [0.4, 0.5) is 0 Å². The van der Waals surface area contributed by atoms with Crippen molar-refractivity contribution in [2.75, 3.05) is 0 Å². The molecule has 0 spiro atoms. The third-order valence-corrected chi connectivity index (χ3v) is 5.24. The number of rotatable bonds is 5. The standard InChI is InChI=1S/C21H20N4O2/c1-12(19-11-17-18(27-19)7-4-8-22-17)23-20(26)10-13-9-14(13)21-24-15-5-2-3-6-16(15)25-21/h2-8,11-14H,9-10H2,1H3,(H,23,26)(H,24,25)/t12-,13-,14-/m0/s1. The van der Waals surface area contributed by atoms with Crippen LogP contribution in [0.5, 0.6) is 0 Å². The van der Waals surface area contributed by atoms with Gasteiger partial charge in [0, 0.05) is 24.6 Å². The van der Waals surface area contributed by atoms with E-state index in [4.69, 9.17) is 4.42 Å². The van der Waals surface area contributed by atoms with Crippen molar-refractivity contribution in [1.29, 1.82) is 0 Å². The third kappa shape index (κ3) is 3.07. The number of pyridine rings is 1. The summed E-state index contributed by atoms with van der Waals surface area (Å²) in [5.41, 5.74) is 3.57. The van der Waals surface area contributed by atoms with Crippen LogP contribution < -0.4 is 5.32 Å². The van der Waals surface area contributed by atoms with Crippen LogP contribution in [0.3, 0.4) is 0 Å². The maximum atomic E-state index is 12.4. The zero-order valence-corrected chi connectivity index (χ0v) is 15.0. The smallest absolute Gasteiger partial charge is 0.220 e. The molecule has 1 aliphatic rings. The van der Waals surface area contributed by atoms with Crippen molar-refractivity contribution in [3.05, 3.63) is 60.2 Å². The summed E-state index contributed by atoms with van der Waals surface area (Å²) in [4.78, 5) is 24.7. The van der Waals surface area contributed by atoms with Crippen molar-refractivity contribution >= 4 is 28.0 Å². The molecule has 0 bridgehead atoms. The summed E-state index contributed by atoms with van der Waals surface area (Å²) in [5, 5.41) is 3.04. The van der Waals surface area contributed by atoms with E-state index in [1.54, 1.807) is 6.20 Å². The van der Waals surface area contributed by atoms with Gasteiger partial charge >= 0.3 is 0 Å². The zero-order valence-electron chi connectivity index (χ0n) is 15.0. The molecule has 6 nitrogen and oxygen atoms in total. The van der Waals surface area contributed by atoms with E-state index in [0.29, 0.717) is 18.3 Å². The van der Waals surface area contributed by atoms with E-state index in [9.17, 15) is 4.79 Å². The van der Waals surface area contributed by atoms with Crippen LogP contribution in [-0.2, 0) is 4.79 Å². The van der Waals surface area contributed by atoms with Gasteiger partial charge in [0.05, 0.1) is 17.1 Å². The number of carbonyl (C=O) groups excluding carboxylic acids is 1. The van der Waals surface area contributed by atoms with E-state index >= 15 is 0 Å². The number of nitrogens with one attached hydrogen (secondary N) is 2. The molecule has 0 saturated heterocycles. The molecule has 4 aromatic rings. The highest BCUT2D eigenvalue weighted by molar-refractivity contribution is 5.78. The molecule has 1 aliphatic carbocycles. The van der Waals surface area contributed by atoms with Crippen molar-refractivity contribution in [2.24, 2.45) is 5.92 Å². The van der Waals surface area contributed by atoms with Gasteiger partial charge in [-0.05, 0) is 43.5 Å². The monoisotopic (exact) mass is 360 g/mol. The number of fused-ring (bicyclic) bond motifs is 2. The number of aromatic nitrogens is 3. The molecular weight excluding hydrogens is 340 g/mol. The minimum Gasteiger partial charge on any atom is -0.457 e. The molecule has 1 aromatic carbocycles. The van der Waals surface area contributed by atoms with Gasteiger partial charge in [0.1, 0.15) is 17.1 Å². The molecule has 1 saturated carbocycles. The van der Waals surface area contributed by atoms with Crippen molar-refractivity contribution in [3.8, 4) is 0 Å². The summed E-state index contributed by atoms with van der Waals surface area (Å²) < 4.78 is 5.78. The molecule has 1 fully saturated rings. The second-order valence-electron chi connectivity index (χ2n) is 7.27. The molecule has 0 radical (unpaired) electrons. The third-order valence-electron chi connectivity index (χ3n) is 5.24. The quantitative estimate of drug-likeness (QED) is 0.562. The van der Waals surface area contributed by atoms with Crippen LogP contribution in [-0.4, -0.2) is 20.9 Å². The number of hydrogen-bond acceptors (Lipinski definition) is 4. The number of benzene rings is 1. The predicted molar refractivity (Wildman–Crippen MR) is 102 cm³/mol. The molecule has 1 amide bonds. The molecule has 136 valence electrons. The Morgan fingerprint density at radius 3 is 3.04 bits per heavy atom. The lowest BCUT2D eigenvalue weighted by Gasteiger charge is -2.11. The van der Waals surface area contributed by atoms with Crippen LogP contribution in [0.25, 0.3) is 22.1 Å². The molecule has 6 heteroatoms. The molecule has 0 aliphatic heterocycles. The van der Waals surface area contributed by atoms with E-state index in [0.717, 1.165) is 40.1 Å². The number of hydrogen-bond donors (Lipinski definition) is 2. The summed E-state index contributed by atoms with van der Waals surface area (Å²) in [6.45, 7) is 1.93. The molecule has 3 atom stereocenters. The average molecular weight is 360 g/mol. The first-order valence-corrected chi connectivity index (χ1v) is 9.26. The molecule has 3 heterocycles. The molecule has 2 N–H and O–H groups in total. The Labute approximate surface area is 156 Å². The maximum absolute atomic E-state index is 12.4. The number of aromatic amines is 1. The van der Waals surface area contributed by atoms with Gasteiger partial charge in [-0.25, -0.2) is 4.98 Å². The number of para-hydroxylation sites is 2. The van der Waals surface area contributed by atoms with Gasteiger partial charge in [-0.1, -0.05) is 12.1 Å². The van der Waals surface area contributed by atoms with Crippen LogP contribution in [0, 0.1) is 5.92 Å². The SMILES string of the molecule is C[C@H](NC(=O)C[C@@H]1C[C@@H]1c1nc2ccccc2[nH]1)c1cc2ncccc2o1. The predicted octanol–water partition coefficient (Wildman–Crippen LogP) is 4.08. The Morgan fingerprint density at radius 1 is 1.30 bits per heavy atom. The van der Waals surface area contributed by atoms with Gasteiger partial charge in [0.2, 0.25) is 5.91 Å². The van der Waals surface area contributed by atoms with Gasteiger partial charge in [-0.15, -0.1) is 0 Å². The number of furan rings is 1. The summed E-state index contributed by atoms with van der Waals surface area (Å²) in [6, 6.07) is 13.4. The highest BCUT2D eigenvalue weighted by Crippen LogP contribution is 2.48. The first kappa shape index (κ1) is 16.1. The fourth-order valence-electron chi connectivity index (χ4n) is 3.67. The van der Waals surface area contributed by atoms with Gasteiger partial charge in [-0.2, -0.15) is 0 Å². The average Bonchev–Trinajstić information content (AvgIpc) is 3.11. The van der Waals surface area contributed by atoms with Crippen molar-refractivity contribution < 1.29 is 9.21 Å². The van der Waals surface area contributed by atoms with Crippen molar-refractivity contribution in [2.45, 2.75) is 31.7 Å². The highest BCUT2D eigenvalue weighted by atomic mass is 16.3. The summed E-state index contributed by atoms with van der Waals surface area (Å²) in [7, 11) is 0. The molecule has 27 heavy (non-hydrogen) atoms. The van der Waals surface area contributed by atoms with Crippen molar-refractivity contribution in [1.82, 2.24) is 20.3 Å². The number of nitrogens with zero attached hydrogens (tertiary/aromatic N) is 2. The molecule has 0 unspecified atom stereocenters. The summed E-state index contributed by atoms with van der Waals surface area (Å²) in [5.74, 6) is 2.44. The lowest BCUT2D eigenvalue weighted by molar-refractivity contribution is -0.122. The normalized spacial score (nSPS) is 20.0. The molecular formula is C21H20N4O2. The number of imidazole rings is 1. The summed E-state index contributed by atoms with van der Waals surface area (Å²) in [6.07, 6.45) is 3.23. The van der Waals surface area contributed by atoms with Gasteiger partial charge in [0.25, 0.3) is 0 Å². The minimum absolute atomic E-state index is 0.0412.